The molecule has 2 unspecified atom stereocenters. The first-order valence-electron chi connectivity index (χ1n) is 6.52. The number of hydrogen-bond donors (Lipinski definition) is 2. The summed E-state index contributed by atoms with van der Waals surface area (Å²) in [6.07, 6.45) is -2.71. The lowest BCUT2D eigenvalue weighted by Gasteiger charge is -2.31. The van der Waals surface area contributed by atoms with Gasteiger partial charge < -0.3 is 5.32 Å². The van der Waals surface area contributed by atoms with Crippen molar-refractivity contribution in [2.24, 2.45) is 5.92 Å². The zero-order valence-corrected chi connectivity index (χ0v) is 11.8. The van der Waals surface area contributed by atoms with Gasteiger partial charge >= 0.3 is 6.18 Å². The average Bonchev–Trinajstić information content (AvgIpc) is 2.28. The minimum absolute atomic E-state index is 0.0464. The number of halogens is 3. The summed E-state index contributed by atoms with van der Waals surface area (Å²) in [4.78, 5) is 0. The summed E-state index contributed by atoms with van der Waals surface area (Å²) >= 11 is 0. The zero-order valence-electron chi connectivity index (χ0n) is 11.0. The van der Waals surface area contributed by atoms with E-state index in [1.807, 2.05) is 0 Å². The Hall–Kier alpha value is -0.340. The lowest BCUT2D eigenvalue weighted by Crippen LogP contribution is -2.41. The third-order valence-electron chi connectivity index (χ3n) is 3.31. The maximum atomic E-state index is 12.6. The zero-order chi connectivity index (χ0) is 14.5. The van der Waals surface area contributed by atoms with Crippen LogP contribution in [0.1, 0.15) is 32.6 Å². The number of hydrogen-bond acceptors (Lipinski definition) is 3. The first-order chi connectivity index (χ1) is 8.74. The summed E-state index contributed by atoms with van der Waals surface area (Å²) in [5.41, 5.74) is 0. The Kier molecular flexibility index (Phi) is 6.07. The molecule has 0 saturated heterocycles. The molecule has 0 radical (unpaired) electrons. The number of rotatable bonds is 6. The summed E-state index contributed by atoms with van der Waals surface area (Å²) in [6.45, 7) is 2.19. The van der Waals surface area contributed by atoms with Crippen LogP contribution in [0.25, 0.3) is 0 Å². The molecule has 0 spiro atoms. The highest BCUT2D eigenvalue weighted by Crippen LogP contribution is 2.37. The molecule has 8 heteroatoms. The van der Waals surface area contributed by atoms with Crippen molar-refractivity contribution in [3.63, 3.8) is 0 Å². The minimum atomic E-state index is -4.14. The summed E-state index contributed by atoms with van der Waals surface area (Å²) in [5, 5.41) is 2.92. The monoisotopic (exact) mass is 302 g/mol. The molecule has 4 nitrogen and oxygen atoms in total. The summed E-state index contributed by atoms with van der Waals surface area (Å²) in [5.74, 6) is -1.36. The van der Waals surface area contributed by atoms with E-state index in [1.54, 1.807) is 6.92 Å². The van der Waals surface area contributed by atoms with Gasteiger partial charge in [0.25, 0.3) is 0 Å². The standard InChI is InChI=1S/C11H21F3N2O2S/c1-2-16-19(17,18)7-6-15-10-5-3-4-9(8-10)11(12,13)14/h9-10,15-16H,2-8H2,1H3. The van der Waals surface area contributed by atoms with Crippen molar-refractivity contribution in [2.75, 3.05) is 18.8 Å². The number of sulfonamides is 1. The molecule has 0 aromatic carbocycles. The van der Waals surface area contributed by atoms with E-state index in [2.05, 4.69) is 10.0 Å². The van der Waals surface area contributed by atoms with Crippen LogP contribution in [0.5, 0.6) is 0 Å². The first kappa shape index (κ1) is 16.7. The Labute approximate surface area is 112 Å². The summed E-state index contributed by atoms with van der Waals surface area (Å²) < 4.78 is 62.9. The van der Waals surface area contributed by atoms with E-state index in [0.29, 0.717) is 19.4 Å². The van der Waals surface area contributed by atoms with Crippen LogP contribution in [-0.2, 0) is 10.0 Å². The molecular formula is C11H21F3N2O2S. The Morgan fingerprint density at radius 2 is 1.95 bits per heavy atom. The molecule has 0 heterocycles. The van der Waals surface area contributed by atoms with Gasteiger partial charge in [0.15, 0.2) is 0 Å². The highest BCUT2D eigenvalue weighted by molar-refractivity contribution is 7.89. The average molecular weight is 302 g/mol. The molecule has 0 aliphatic heterocycles. The molecule has 1 aliphatic rings. The second-order valence-corrected chi connectivity index (χ2v) is 6.80. The van der Waals surface area contributed by atoms with Crippen molar-refractivity contribution in [1.29, 1.82) is 0 Å². The fourth-order valence-corrected chi connectivity index (χ4v) is 3.33. The maximum absolute atomic E-state index is 12.6. The van der Waals surface area contributed by atoms with Crippen LogP contribution in [0.2, 0.25) is 0 Å². The molecule has 1 fully saturated rings. The van der Waals surface area contributed by atoms with Crippen molar-refractivity contribution in [2.45, 2.75) is 44.8 Å². The number of alkyl halides is 3. The van der Waals surface area contributed by atoms with Crippen LogP contribution in [0.3, 0.4) is 0 Å². The summed E-state index contributed by atoms with van der Waals surface area (Å²) in [6, 6.07) is -0.239. The summed E-state index contributed by atoms with van der Waals surface area (Å²) in [7, 11) is -3.31. The molecule has 0 aromatic heterocycles. The molecular weight excluding hydrogens is 281 g/mol. The highest BCUT2D eigenvalue weighted by atomic mass is 32.2. The Balaban J connectivity index is 2.34. The van der Waals surface area contributed by atoms with Crippen molar-refractivity contribution < 1.29 is 21.6 Å². The second-order valence-electron chi connectivity index (χ2n) is 4.87. The minimum Gasteiger partial charge on any atom is -0.313 e. The molecule has 0 aromatic rings. The molecule has 2 atom stereocenters. The van der Waals surface area contributed by atoms with E-state index < -0.39 is 22.1 Å². The molecule has 19 heavy (non-hydrogen) atoms. The van der Waals surface area contributed by atoms with Gasteiger partial charge in [0.2, 0.25) is 10.0 Å². The Bertz CT molecular complexity index is 371. The van der Waals surface area contributed by atoms with Gasteiger partial charge in [0.05, 0.1) is 11.7 Å². The Morgan fingerprint density at radius 1 is 1.26 bits per heavy atom. The fraction of sp³-hybridized carbons (Fsp3) is 1.00. The predicted molar refractivity (Wildman–Crippen MR) is 67.3 cm³/mol. The van der Waals surface area contributed by atoms with Crippen LogP contribution >= 0.6 is 0 Å². The molecule has 0 amide bonds. The molecule has 0 bridgehead atoms. The van der Waals surface area contributed by atoms with Crippen LogP contribution in [0, 0.1) is 5.92 Å². The number of nitrogens with one attached hydrogen (secondary N) is 2. The SMILES string of the molecule is CCNS(=O)(=O)CCNC1CCCC(C(F)(F)F)C1. The maximum Gasteiger partial charge on any atom is 0.391 e. The molecule has 114 valence electrons. The normalized spacial score (nSPS) is 25.5. The predicted octanol–water partition coefficient (Wildman–Crippen LogP) is 1.64. The van der Waals surface area contributed by atoms with Crippen LogP contribution in [-0.4, -0.2) is 39.5 Å². The van der Waals surface area contributed by atoms with Crippen molar-refractivity contribution in [3.05, 3.63) is 0 Å². The van der Waals surface area contributed by atoms with E-state index in [1.165, 1.54) is 0 Å². The van der Waals surface area contributed by atoms with E-state index in [9.17, 15) is 21.6 Å². The third kappa shape index (κ3) is 6.09. The Morgan fingerprint density at radius 3 is 2.53 bits per heavy atom. The van der Waals surface area contributed by atoms with E-state index in [-0.39, 0.29) is 31.2 Å². The van der Waals surface area contributed by atoms with Gasteiger partial charge in [-0.05, 0) is 19.3 Å². The van der Waals surface area contributed by atoms with E-state index in [0.717, 1.165) is 0 Å². The highest BCUT2D eigenvalue weighted by Gasteiger charge is 2.41. The third-order valence-corrected chi connectivity index (χ3v) is 4.78. The smallest absolute Gasteiger partial charge is 0.313 e. The largest absolute Gasteiger partial charge is 0.391 e. The van der Waals surface area contributed by atoms with Gasteiger partial charge in [-0.25, -0.2) is 13.1 Å². The lowest BCUT2D eigenvalue weighted by molar-refractivity contribution is -0.183. The van der Waals surface area contributed by atoms with E-state index in [4.69, 9.17) is 0 Å². The van der Waals surface area contributed by atoms with Gasteiger partial charge in [-0.1, -0.05) is 13.3 Å². The molecule has 1 rings (SSSR count). The topological polar surface area (TPSA) is 58.2 Å². The van der Waals surface area contributed by atoms with Crippen molar-refractivity contribution in [3.8, 4) is 0 Å². The van der Waals surface area contributed by atoms with Gasteiger partial charge in [-0.3, -0.25) is 0 Å². The molecule has 2 N–H and O–H groups in total. The van der Waals surface area contributed by atoms with Crippen LogP contribution < -0.4 is 10.0 Å². The van der Waals surface area contributed by atoms with Crippen LogP contribution in [0.4, 0.5) is 13.2 Å². The molecule has 1 aliphatic carbocycles. The van der Waals surface area contributed by atoms with Gasteiger partial charge in [-0.15, -0.1) is 0 Å². The van der Waals surface area contributed by atoms with Gasteiger partial charge in [0, 0.05) is 19.1 Å². The second kappa shape index (κ2) is 6.90. The van der Waals surface area contributed by atoms with E-state index >= 15 is 0 Å². The van der Waals surface area contributed by atoms with Gasteiger partial charge in [0.1, 0.15) is 0 Å². The first-order valence-corrected chi connectivity index (χ1v) is 8.17. The van der Waals surface area contributed by atoms with Crippen molar-refractivity contribution >= 4 is 10.0 Å². The van der Waals surface area contributed by atoms with Crippen molar-refractivity contribution in [1.82, 2.24) is 10.0 Å². The van der Waals surface area contributed by atoms with Gasteiger partial charge in [-0.2, -0.15) is 13.2 Å². The molecule has 1 saturated carbocycles. The quantitative estimate of drug-likeness (QED) is 0.784. The lowest BCUT2D eigenvalue weighted by atomic mass is 9.85. The fourth-order valence-electron chi connectivity index (χ4n) is 2.36. The van der Waals surface area contributed by atoms with Crippen LogP contribution in [0.15, 0.2) is 0 Å².